The van der Waals surface area contributed by atoms with E-state index in [1.807, 2.05) is 23.1 Å². The number of ether oxygens (including phenoxy) is 1. The Balaban J connectivity index is 1.79. The van der Waals surface area contributed by atoms with E-state index in [-0.39, 0.29) is 17.7 Å². The highest BCUT2D eigenvalue weighted by molar-refractivity contribution is 5.97. The van der Waals surface area contributed by atoms with Gasteiger partial charge in [-0.15, -0.1) is 0 Å². The Kier molecular flexibility index (Phi) is 5.59. The third kappa shape index (κ3) is 4.13. The Hall–Kier alpha value is -2.49. The second-order valence-corrected chi connectivity index (χ2v) is 6.56. The molecule has 0 bridgehead atoms. The van der Waals surface area contributed by atoms with Crippen molar-refractivity contribution in [3.63, 3.8) is 0 Å². The fraction of sp³-hybridized carbons (Fsp3) is 0.381. The minimum atomic E-state index is -0.0945. The number of carbonyl (C=O) groups is 1. The average molecular weight is 339 g/mol. The van der Waals surface area contributed by atoms with Crippen LogP contribution in [0.1, 0.15) is 41.6 Å². The molecule has 2 aromatic carbocycles. The molecule has 0 aliphatic heterocycles. The molecule has 0 saturated heterocycles. The quantitative estimate of drug-likeness (QED) is 0.864. The van der Waals surface area contributed by atoms with E-state index in [9.17, 15) is 9.90 Å². The number of aromatic hydroxyl groups is 1. The summed E-state index contributed by atoms with van der Waals surface area (Å²) in [6.07, 6.45) is 5.22. The van der Waals surface area contributed by atoms with E-state index in [0.717, 1.165) is 32.1 Å². The highest BCUT2D eigenvalue weighted by atomic mass is 16.5. The van der Waals surface area contributed by atoms with Crippen LogP contribution < -0.4 is 4.74 Å². The van der Waals surface area contributed by atoms with Gasteiger partial charge in [0, 0.05) is 18.7 Å². The first-order chi connectivity index (χ1) is 12.2. The lowest BCUT2D eigenvalue weighted by atomic mass is 10.1. The number of rotatable bonds is 6. The van der Waals surface area contributed by atoms with Crippen molar-refractivity contribution in [3.05, 3.63) is 59.7 Å². The van der Waals surface area contributed by atoms with Crippen LogP contribution in [0.5, 0.6) is 11.5 Å². The second-order valence-electron chi connectivity index (χ2n) is 6.56. The molecule has 25 heavy (non-hydrogen) atoms. The van der Waals surface area contributed by atoms with Crippen molar-refractivity contribution in [1.82, 2.24) is 4.90 Å². The van der Waals surface area contributed by atoms with Crippen LogP contribution in [-0.2, 0) is 6.42 Å². The summed E-state index contributed by atoms with van der Waals surface area (Å²) in [5.74, 6) is 0.431. The molecule has 0 atom stereocenters. The van der Waals surface area contributed by atoms with Crippen molar-refractivity contribution in [2.75, 3.05) is 13.7 Å². The number of hydrogen-bond donors (Lipinski definition) is 1. The number of carbonyl (C=O) groups excluding carboxylic acids is 1. The van der Waals surface area contributed by atoms with Gasteiger partial charge in [-0.2, -0.15) is 0 Å². The zero-order chi connectivity index (χ0) is 17.6. The fourth-order valence-corrected chi connectivity index (χ4v) is 3.53. The van der Waals surface area contributed by atoms with Crippen LogP contribution in [0.25, 0.3) is 0 Å². The van der Waals surface area contributed by atoms with Crippen LogP contribution >= 0.6 is 0 Å². The predicted octanol–water partition coefficient (Wildman–Crippen LogP) is 4.03. The normalized spacial score (nSPS) is 14.4. The molecule has 1 saturated carbocycles. The average Bonchev–Trinajstić information content (AvgIpc) is 3.17. The monoisotopic (exact) mass is 339 g/mol. The first-order valence-corrected chi connectivity index (χ1v) is 8.91. The van der Waals surface area contributed by atoms with E-state index in [4.69, 9.17) is 4.74 Å². The lowest BCUT2D eigenvalue weighted by Crippen LogP contribution is -2.40. The Morgan fingerprint density at radius 3 is 2.52 bits per heavy atom. The Morgan fingerprint density at radius 2 is 1.88 bits per heavy atom. The van der Waals surface area contributed by atoms with Crippen molar-refractivity contribution < 1.29 is 14.6 Å². The Labute approximate surface area is 149 Å². The minimum Gasteiger partial charge on any atom is -0.507 e. The van der Waals surface area contributed by atoms with Gasteiger partial charge >= 0.3 is 0 Å². The summed E-state index contributed by atoms with van der Waals surface area (Å²) in [4.78, 5) is 15.0. The highest BCUT2D eigenvalue weighted by Crippen LogP contribution is 2.29. The van der Waals surface area contributed by atoms with Gasteiger partial charge in [0.25, 0.3) is 5.91 Å². The third-order valence-corrected chi connectivity index (χ3v) is 4.95. The zero-order valence-corrected chi connectivity index (χ0v) is 14.6. The summed E-state index contributed by atoms with van der Waals surface area (Å²) in [6.45, 7) is 0.666. The van der Waals surface area contributed by atoms with Gasteiger partial charge in [-0.05, 0) is 37.0 Å². The predicted molar refractivity (Wildman–Crippen MR) is 98.1 cm³/mol. The van der Waals surface area contributed by atoms with Gasteiger partial charge in [0.05, 0.1) is 12.7 Å². The molecule has 0 radical (unpaired) electrons. The van der Waals surface area contributed by atoms with E-state index in [2.05, 4.69) is 12.1 Å². The minimum absolute atomic E-state index is 0.0212. The molecule has 1 N–H and O–H groups in total. The molecule has 1 aliphatic rings. The van der Waals surface area contributed by atoms with E-state index < -0.39 is 0 Å². The van der Waals surface area contributed by atoms with Crippen molar-refractivity contribution in [3.8, 4) is 11.5 Å². The summed E-state index contributed by atoms with van der Waals surface area (Å²) in [7, 11) is 1.54. The number of amides is 1. The topological polar surface area (TPSA) is 49.8 Å². The van der Waals surface area contributed by atoms with Crippen LogP contribution in [-0.4, -0.2) is 35.6 Å². The standard InChI is InChI=1S/C21H25NO3/c1-25-18-11-12-19(20(23)15-18)21(24)22(17-9-5-6-10-17)14-13-16-7-3-2-4-8-16/h2-4,7-8,11-12,15,17,23H,5-6,9-10,13-14H2,1H3. The molecule has 3 rings (SSSR count). The van der Waals surface area contributed by atoms with Gasteiger partial charge in [0.2, 0.25) is 0 Å². The number of hydrogen-bond acceptors (Lipinski definition) is 3. The molecule has 2 aromatic rings. The molecule has 4 nitrogen and oxygen atoms in total. The van der Waals surface area contributed by atoms with Crippen LogP contribution in [0.3, 0.4) is 0 Å². The van der Waals surface area contributed by atoms with Crippen molar-refractivity contribution in [2.24, 2.45) is 0 Å². The fourth-order valence-electron chi connectivity index (χ4n) is 3.53. The van der Waals surface area contributed by atoms with Crippen LogP contribution in [0.4, 0.5) is 0 Å². The number of methoxy groups -OCH3 is 1. The molecular weight excluding hydrogens is 314 g/mol. The largest absolute Gasteiger partial charge is 0.507 e. The van der Waals surface area contributed by atoms with Gasteiger partial charge < -0.3 is 14.7 Å². The molecule has 1 amide bonds. The summed E-state index contributed by atoms with van der Waals surface area (Å²) in [5, 5.41) is 10.2. The number of nitrogens with zero attached hydrogens (tertiary/aromatic N) is 1. The Bertz CT molecular complexity index is 708. The number of phenolic OH excluding ortho intramolecular Hbond substituents is 1. The molecule has 1 aliphatic carbocycles. The summed E-state index contributed by atoms with van der Waals surface area (Å²) >= 11 is 0. The lowest BCUT2D eigenvalue weighted by molar-refractivity contribution is 0.0681. The smallest absolute Gasteiger partial charge is 0.257 e. The molecule has 4 heteroatoms. The van der Waals surface area contributed by atoms with Crippen LogP contribution in [0.15, 0.2) is 48.5 Å². The molecule has 0 aromatic heterocycles. The number of benzene rings is 2. The maximum atomic E-state index is 13.1. The van der Waals surface area contributed by atoms with Crippen molar-refractivity contribution in [1.29, 1.82) is 0 Å². The zero-order valence-electron chi connectivity index (χ0n) is 14.6. The van der Waals surface area contributed by atoms with E-state index in [1.54, 1.807) is 19.2 Å². The molecular formula is C21H25NO3. The highest BCUT2D eigenvalue weighted by Gasteiger charge is 2.28. The molecule has 0 unspecified atom stereocenters. The van der Waals surface area contributed by atoms with Crippen LogP contribution in [0, 0.1) is 0 Å². The third-order valence-electron chi connectivity index (χ3n) is 4.95. The van der Waals surface area contributed by atoms with Crippen molar-refractivity contribution >= 4 is 5.91 Å². The second kappa shape index (κ2) is 8.06. The Morgan fingerprint density at radius 1 is 1.16 bits per heavy atom. The van der Waals surface area contributed by atoms with E-state index >= 15 is 0 Å². The van der Waals surface area contributed by atoms with Gasteiger partial charge in [-0.25, -0.2) is 0 Å². The first-order valence-electron chi connectivity index (χ1n) is 8.91. The van der Waals surface area contributed by atoms with Gasteiger partial charge in [-0.1, -0.05) is 43.2 Å². The maximum Gasteiger partial charge on any atom is 0.257 e. The van der Waals surface area contributed by atoms with Gasteiger partial charge in [-0.3, -0.25) is 4.79 Å². The lowest BCUT2D eigenvalue weighted by Gasteiger charge is -2.29. The summed E-state index contributed by atoms with van der Waals surface area (Å²) in [5.41, 5.74) is 1.57. The molecule has 0 heterocycles. The van der Waals surface area contributed by atoms with Crippen LogP contribution in [0.2, 0.25) is 0 Å². The SMILES string of the molecule is COc1ccc(C(=O)N(CCc2ccccc2)C2CCCC2)c(O)c1. The molecule has 0 spiro atoms. The molecule has 132 valence electrons. The maximum absolute atomic E-state index is 13.1. The first kappa shape index (κ1) is 17.3. The number of phenols is 1. The summed E-state index contributed by atoms with van der Waals surface area (Å²) in [6, 6.07) is 15.3. The van der Waals surface area contributed by atoms with Gasteiger partial charge in [0.1, 0.15) is 11.5 Å². The van der Waals surface area contributed by atoms with Gasteiger partial charge in [0.15, 0.2) is 0 Å². The summed E-state index contributed by atoms with van der Waals surface area (Å²) < 4.78 is 5.11. The van der Waals surface area contributed by atoms with E-state index in [0.29, 0.717) is 17.9 Å². The van der Waals surface area contributed by atoms with E-state index in [1.165, 1.54) is 11.6 Å². The molecule has 1 fully saturated rings. The van der Waals surface area contributed by atoms with Crippen molar-refractivity contribution in [2.45, 2.75) is 38.1 Å².